The number of ether oxygens (including phenoxy) is 1. The zero-order valence-electron chi connectivity index (χ0n) is 20.3. The van der Waals surface area contributed by atoms with E-state index in [1.165, 1.54) is 30.9 Å². The third-order valence-corrected chi connectivity index (χ3v) is 6.08. The number of furan rings is 1. The molecule has 1 saturated heterocycles. The number of halogens is 4. The van der Waals surface area contributed by atoms with E-state index in [1.54, 1.807) is 24.3 Å². The zero-order valence-corrected chi connectivity index (χ0v) is 20.3. The molecule has 0 aliphatic carbocycles. The number of anilines is 1. The molecule has 196 valence electrons. The Bertz CT molecular complexity index is 1280. The molecule has 2 amide bonds. The number of alkyl halides is 3. The lowest BCUT2D eigenvalue weighted by molar-refractivity contribution is -0.154. The molecule has 0 unspecified atom stereocenters. The summed E-state index contributed by atoms with van der Waals surface area (Å²) in [6.45, 7) is 3.22. The Morgan fingerprint density at radius 1 is 1.11 bits per heavy atom. The fourth-order valence-corrected chi connectivity index (χ4v) is 4.33. The highest BCUT2D eigenvalue weighted by atomic mass is 19.4. The summed E-state index contributed by atoms with van der Waals surface area (Å²) >= 11 is 0. The van der Waals surface area contributed by atoms with Gasteiger partial charge in [0.15, 0.2) is 0 Å². The number of rotatable bonds is 8. The quantitative estimate of drug-likeness (QED) is 0.369. The first-order valence-corrected chi connectivity index (χ1v) is 11.8. The Labute approximate surface area is 211 Å². The van der Waals surface area contributed by atoms with Crippen LogP contribution in [0.5, 0.6) is 0 Å². The van der Waals surface area contributed by atoms with Gasteiger partial charge in [-0.3, -0.25) is 9.69 Å². The third-order valence-electron chi connectivity index (χ3n) is 6.08. The van der Waals surface area contributed by atoms with Gasteiger partial charge in [-0.25, -0.2) is 9.18 Å². The van der Waals surface area contributed by atoms with Gasteiger partial charge in [0, 0.05) is 18.1 Å². The summed E-state index contributed by atoms with van der Waals surface area (Å²) in [7, 11) is 0. The second-order valence-corrected chi connectivity index (χ2v) is 8.98. The topological polar surface area (TPSA) is 71.8 Å². The minimum atomic E-state index is -4.52. The molecule has 1 aromatic heterocycles. The summed E-state index contributed by atoms with van der Waals surface area (Å²) in [4.78, 5) is 24.6. The molecule has 0 saturated carbocycles. The molecule has 10 heteroatoms. The van der Waals surface area contributed by atoms with Crippen LogP contribution in [-0.4, -0.2) is 31.2 Å². The smallest absolute Gasteiger partial charge is 0.449 e. The van der Waals surface area contributed by atoms with Crippen LogP contribution in [0.3, 0.4) is 0 Å². The van der Waals surface area contributed by atoms with Gasteiger partial charge in [0.05, 0.1) is 18.8 Å². The summed E-state index contributed by atoms with van der Waals surface area (Å²) in [6.07, 6.45) is -4.37. The predicted molar refractivity (Wildman–Crippen MR) is 129 cm³/mol. The van der Waals surface area contributed by atoms with Crippen LogP contribution in [0.2, 0.25) is 0 Å². The Morgan fingerprint density at radius 2 is 1.84 bits per heavy atom. The van der Waals surface area contributed by atoms with Crippen LogP contribution in [0, 0.1) is 12.7 Å². The van der Waals surface area contributed by atoms with Crippen molar-refractivity contribution in [3.05, 3.63) is 77.0 Å². The van der Waals surface area contributed by atoms with E-state index >= 15 is 0 Å². The average Bonchev–Trinajstić information content (AvgIpc) is 3.40. The number of cyclic esters (lactones) is 1. The lowest BCUT2D eigenvalue weighted by atomic mass is 9.99. The molecule has 2 heterocycles. The highest BCUT2D eigenvalue weighted by Gasteiger charge is 2.37. The molecular weight excluding hydrogens is 492 g/mol. The van der Waals surface area contributed by atoms with E-state index in [4.69, 9.17) is 9.15 Å². The van der Waals surface area contributed by atoms with Crippen LogP contribution in [0.15, 0.2) is 52.9 Å². The maximum Gasteiger partial charge on any atom is 0.449 e. The minimum absolute atomic E-state index is 0.145. The Morgan fingerprint density at radius 3 is 2.49 bits per heavy atom. The van der Waals surface area contributed by atoms with Crippen molar-refractivity contribution >= 4 is 17.7 Å². The van der Waals surface area contributed by atoms with Gasteiger partial charge < -0.3 is 14.5 Å². The molecule has 1 aliphatic rings. The highest BCUT2D eigenvalue weighted by Crippen LogP contribution is 2.35. The standard InChI is InChI=1S/C27H26F4N2O4/c1-16-12-20(25(36-16)27(29,30)31)5-3-4-18-6-8-19(9-7-18)23-11-10-21(13-24(23)28)33-15-22(37-26(33)35)14-32-17(2)34/h6-13,22H,3-5,14-15H2,1-2H3,(H,32,34)/t22-/m0/s1. The van der Waals surface area contributed by atoms with Crippen molar-refractivity contribution in [2.45, 2.75) is 45.4 Å². The number of aryl methyl sites for hydroxylation is 3. The maximum atomic E-state index is 15.0. The van der Waals surface area contributed by atoms with Crippen LogP contribution < -0.4 is 10.2 Å². The Balaban J connectivity index is 1.37. The molecule has 6 nitrogen and oxygen atoms in total. The number of nitrogens with zero attached hydrogens (tertiary/aromatic N) is 1. The van der Waals surface area contributed by atoms with Crippen molar-refractivity contribution in [2.24, 2.45) is 0 Å². The Kier molecular flexibility index (Phi) is 7.56. The molecule has 0 radical (unpaired) electrons. The van der Waals surface area contributed by atoms with E-state index in [-0.39, 0.29) is 36.7 Å². The van der Waals surface area contributed by atoms with E-state index in [2.05, 4.69) is 5.32 Å². The molecular formula is C27H26F4N2O4. The molecule has 2 aromatic carbocycles. The molecule has 1 atom stereocenters. The fraction of sp³-hybridized carbons (Fsp3) is 0.333. The summed E-state index contributed by atoms with van der Waals surface area (Å²) in [5.41, 5.74) is 2.39. The van der Waals surface area contributed by atoms with Gasteiger partial charge in [-0.05, 0) is 61.6 Å². The SMILES string of the molecule is CC(=O)NC[C@H]1CN(c2ccc(-c3ccc(CCCc4cc(C)oc4C(F)(F)F)cc3)c(F)c2)C(=O)O1. The van der Waals surface area contributed by atoms with Crippen molar-refractivity contribution < 1.29 is 36.3 Å². The minimum Gasteiger partial charge on any atom is -0.457 e. The van der Waals surface area contributed by atoms with Crippen molar-refractivity contribution in [3.8, 4) is 11.1 Å². The van der Waals surface area contributed by atoms with E-state index in [0.29, 0.717) is 29.7 Å². The molecule has 3 aromatic rings. The zero-order chi connectivity index (χ0) is 26.7. The van der Waals surface area contributed by atoms with Crippen LogP contribution in [0.4, 0.5) is 28.0 Å². The van der Waals surface area contributed by atoms with E-state index in [0.717, 1.165) is 5.56 Å². The van der Waals surface area contributed by atoms with Crippen molar-refractivity contribution in [1.82, 2.24) is 5.32 Å². The number of nitrogens with one attached hydrogen (secondary N) is 1. The van der Waals surface area contributed by atoms with Crippen molar-refractivity contribution in [2.75, 3.05) is 18.0 Å². The van der Waals surface area contributed by atoms with Crippen molar-refractivity contribution in [3.63, 3.8) is 0 Å². The fourth-order valence-electron chi connectivity index (χ4n) is 4.33. The largest absolute Gasteiger partial charge is 0.457 e. The second kappa shape index (κ2) is 10.7. The summed E-state index contributed by atoms with van der Waals surface area (Å²) < 4.78 is 64.3. The molecule has 4 rings (SSSR count). The van der Waals surface area contributed by atoms with E-state index in [9.17, 15) is 27.2 Å². The first-order chi connectivity index (χ1) is 17.5. The predicted octanol–water partition coefficient (Wildman–Crippen LogP) is 6.05. The lowest BCUT2D eigenvalue weighted by Gasteiger charge is -2.15. The first-order valence-electron chi connectivity index (χ1n) is 11.8. The number of hydrogen-bond donors (Lipinski definition) is 1. The van der Waals surface area contributed by atoms with Crippen LogP contribution in [-0.2, 0) is 28.5 Å². The lowest BCUT2D eigenvalue weighted by Crippen LogP contribution is -2.33. The van der Waals surface area contributed by atoms with E-state index in [1.807, 2.05) is 12.1 Å². The van der Waals surface area contributed by atoms with Gasteiger partial charge in [0.2, 0.25) is 11.7 Å². The molecule has 1 N–H and O–H groups in total. The highest BCUT2D eigenvalue weighted by molar-refractivity contribution is 5.90. The average molecular weight is 519 g/mol. The van der Waals surface area contributed by atoms with Crippen molar-refractivity contribution in [1.29, 1.82) is 0 Å². The second-order valence-electron chi connectivity index (χ2n) is 8.98. The van der Waals surface area contributed by atoms with Crippen LogP contribution in [0.25, 0.3) is 11.1 Å². The van der Waals surface area contributed by atoms with Crippen LogP contribution in [0.1, 0.15) is 36.0 Å². The molecule has 0 bridgehead atoms. The number of carbonyl (C=O) groups excluding carboxylic acids is 2. The summed E-state index contributed by atoms with van der Waals surface area (Å²) in [6, 6.07) is 13.0. The number of benzene rings is 2. The third kappa shape index (κ3) is 6.31. The number of carbonyl (C=O) groups is 2. The number of hydrogen-bond acceptors (Lipinski definition) is 4. The van der Waals surface area contributed by atoms with Gasteiger partial charge in [-0.2, -0.15) is 13.2 Å². The number of amides is 2. The normalized spacial score (nSPS) is 15.7. The summed E-state index contributed by atoms with van der Waals surface area (Å²) in [5.74, 6) is -1.46. The maximum absolute atomic E-state index is 15.0. The van der Waals surface area contributed by atoms with Gasteiger partial charge in [-0.15, -0.1) is 0 Å². The van der Waals surface area contributed by atoms with Crippen LogP contribution >= 0.6 is 0 Å². The monoisotopic (exact) mass is 518 g/mol. The molecule has 1 fully saturated rings. The Hall–Kier alpha value is -3.82. The molecule has 37 heavy (non-hydrogen) atoms. The molecule has 1 aliphatic heterocycles. The van der Waals surface area contributed by atoms with Gasteiger partial charge in [-0.1, -0.05) is 24.3 Å². The molecule has 0 spiro atoms. The van der Waals surface area contributed by atoms with Gasteiger partial charge in [0.25, 0.3) is 0 Å². The van der Waals surface area contributed by atoms with E-state index < -0.39 is 30.0 Å². The first kappa shape index (κ1) is 26.2. The summed E-state index contributed by atoms with van der Waals surface area (Å²) in [5, 5.41) is 2.59. The van der Waals surface area contributed by atoms with Gasteiger partial charge in [0.1, 0.15) is 17.7 Å². The van der Waals surface area contributed by atoms with Gasteiger partial charge >= 0.3 is 12.3 Å².